The molecule has 0 bridgehead atoms. The number of carboxylic acids is 1. The Morgan fingerprint density at radius 3 is 2.65 bits per heavy atom. The molecule has 114 valence electrons. The van der Waals surface area contributed by atoms with Gasteiger partial charge in [0.15, 0.2) is 0 Å². The predicted molar refractivity (Wildman–Crippen MR) is 78.5 cm³/mol. The molecule has 0 spiro atoms. The highest BCUT2D eigenvalue weighted by Gasteiger charge is 2.44. The molecule has 2 aliphatic rings. The van der Waals surface area contributed by atoms with Crippen LogP contribution in [-0.2, 0) is 4.79 Å². The minimum absolute atomic E-state index is 0.00346. The van der Waals surface area contributed by atoms with Crippen molar-refractivity contribution < 1.29 is 14.7 Å². The zero-order valence-corrected chi connectivity index (χ0v) is 12.8. The lowest BCUT2D eigenvalue weighted by molar-refractivity contribution is -0.141. The maximum Gasteiger partial charge on any atom is 0.327 e. The van der Waals surface area contributed by atoms with E-state index in [1.807, 2.05) is 13.8 Å². The molecule has 3 N–H and O–H groups in total. The fourth-order valence-corrected chi connectivity index (χ4v) is 4.29. The Labute approximate surface area is 123 Å². The first-order valence-electron chi connectivity index (χ1n) is 7.09. The predicted octanol–water partition coefficient (Wildman–Crippen LogP) is 1.01. The molecule has 3 unspecified atom stereocenters. The van der Waals surface area contributed by atoms with Crippen molar-refractivity contribution in [2.24, 2.45) is 11.7 Å². The van der Waals surface area contributed by atoms with E-state index in [0.717, 1.165) is 12.8 Å². The van der Waals surface area contributed by atoms with Gasteiger partial charge in [-0.25, -0.2) is 9.59 Å². The Kier molecular flexibility index (Phi) is 4.80. The average Bonchev–Trinajstić information content (AvgIpc) is 2.82. The Morgan fingerprint density at radius 1 is 1.40 bits per heavy atom. The van der Waals surface area contributed by atoms with Gasteiger partial charge in [-0.1, -0.05) is 13.8 Å². The van der Waals surface area contributed by atoms with Crippen LogP contribution in [0.1, 0.15) is 26.7 Å². The van der Waals surface area contributed by atoms with Gasteiger partial charge in [0.1, 0.15) is 6.04 Å². The van der Waals surface area contributed by atoms with Crippen molar-refractivity contribution in [2.45, 2.75) is 44.1 Å². The van der Waals surface area contributed by atoms with Crippen LogP contribution in [0.2, 0.25) is 0 Å². The lowest BCUT2D eigenvalue weighted by Gasteiger charge is -2.38. The third kappa shape index (κ3) is 3.03. The van der Waals surface area contributed by atoms with E-state index in [-0.39, 0.29) is 23.4 Å². The first kappa shape index (κ1) is 15.4. The van der Waals surface area contributed by atoms with Crippen LogP contribution >= 0.6 is 11.8 Å². The van der Waals surface area contributed by atoms with Crippen LogP contribution in [0.4, 0.5) is 4.79 Å². The molecule has 7 heteroatoms. The number of carboxylic acid groups (broad SMARTS) is 1. The van der Waals surface area contributed by atoms with Gasteiger partial charge < -0.3 is 15.7 Å². The Balaban J connectivity index is 2.16. The van der Waals surface area contributed by atoms with Crippen molar-refractivity contribution in [3.05, 3.63) is 0 Å². The number of nitrogens with two attached hydrogens (primary N) is 1. The van der Waals surface area contributed by atoms with E-state index in [1.54, 1.807) is 21.6 Å². The molecule has 2 saturated heterocycles. The lowest BCUT2D eigenvalue weighted by Crippen LogP contribution is -2.56. The van der Waals surface area contributed by atoms with E-state index >= 15 is 0 Å². The second kappa shape index (κ2) is 6.22. The summed E-state index contributed by atoms with van der Waals surface area (Å²) in [6.45, 7) is 5.23. The van der Waals surface area contributed by atoms with Gasteiger partial charge in [0.05, 0.1) is 5.37 Å². The summed E-state index contributed by atoms with van der Waals surface area (Å²) in [7, 11) is 0. The van der Waals surface area contributed by atoms with Crippen molar-refractivity contribution in [1.29, 1.82) is 0 Å². The third-order valence-electron chi connectivity index (χ3n) is 3.84. The van der Waals surface area contributed by atoms with E-state index in [0.29, 0.717) is 18.8 Å². The normalized spacial score (nSPS) is 30.9. The highest BCUT2D eigenvalue weighted by molar-refractivity contribution is 8.00. The number of thioether (sulfide) groups is 1. The summed E-state index contributed by atoms with van der Waals surface area (Å²) >= 11 is 1.55. The van der Waals surface area contributed by atoms with Gasteiger partial charge in [0.25, 0.3) is 0 Å². The zero-order valence-electron chi connectivity index (χ0n) is 12.0. The van der Waals surface area contributed by atoms with Crippen molar-refractivity contribution in [3.63, 3.8) is 0 Å². The summed E-state index contributed by atoms with van der Waals surface area (Å²) in [5.74, 6) is -0.230. The number of amides is 2. The number of hydrogen-bond acceptors (Lipinski definition) is 4. The smallest absolute Gasteiger partial charge is 0.327 e. The first-order chi connectivity index (χ1) is 9.41. The number of hydrogen-bond donors (Lipinski definition) is 2. The van der Waals surface area contributed by atoms with Crippen LogP contribution < -0.4 is 5.73 Å². The van der Waals surface area contributed by atoms with Crippen LogP contribution in [0.3, 0.4) is 0 Å². The van der Waals surface area contributed by atoms with Gasteiger partial charge in [0.2, 0.25) is 0 Å². The van der Waals surface area contributed by atoms with Crippen molar-refractivity contribution in [2.75, 3.05) is 18.8 Å². The Bertz CT molecular complexity index is 391. The summed E-state index contributed by atoms with van der Waals surface area (Å²) in [5.41, 5.74) is 5.92. The van der Waals surface area contributed by atoms with Crippen molar-refractivity contribution >= 4 is 23.8 Å². The molecule has 0 aliphatic carbocycles. The Morgan fingerprint density at radius 2 is 2.10 bits per heavy atom. The molecule has 20 heavy (non-hydrogen) atoms. The zero-order chi connectivity index (χ0) is 14.9. The highest BCUT2D eigenvalue weighted by Crippen LogP contribution is 2.35. The molecule has 2 aliphatic heterocycles. The van der Waals surface area contributed by atoms with Crippen LogP contribution in [0.15, 0.2) is 0 Å². The van der Waals surface area contributed by atoms with Crippen LogP contribution in [-0.4, -0.2) is 63.2 Å². The molecule has 2 rings (SSSR count). The van der Waals surface area contributed by atoms with Crippen LogP contribution in [0.25, 0.3) is 0 Å². The molecule has 0 radical (unpaired) electrons. The third-order valence-corrected chi connectivity index (χ3v) is 5.46. The number of rotatable bonds is 2. The first-order valence-corrected chi connectivity index (χ1v) is 8.14. The second-order valence-corrected chi connectivity index (χ2v) is 7.01. The molecule has 2 amide bonds. The maximum absolute atomic E-state index is 12.7. The van der Waals surface area contributed by atoms with Gasteiger partial charge in [-0.3, -0.25) is 4.90 Å². The van der Waals surface area contributed by atoms with Gasteiger partial charge in [-0.15, -0.1) is 11.8 Å². The fraction of sp³-hybridized carbons (Fsp3) is 0.846. The molecular weight excluding hydrogens is 278 g/mol. The molecule has 2 heterocycles. The van der Waals surface area contributed by atoms with E-state index in [2.05, 4.69) is 0 Å². The summed E-state index contributed by atoms with van der Waals surface area (Å²) in [5, 5.41) is 9.26. The van der Waals surface area contributed by atoms with Gasteiger partial charge in [-0.05, 0) is 18.8 Å². The quantitative estimate of drug-likeness (QED) is 0.795. The molecule has 0 saturated carbocycles. The summed E-state index contributed by atoms with van der Waals surface area (Å²) in [4.78, 5) is 27.3. The highest BCUT2D eigenvalue weighted by atomic mass is 32.2. The number of piperidine rings is 1. The summed E-state index contributed by atoms with van der Waals surface area (Å²) < 4.78 is 0. The number of nitrogens with zero attached hydrogens (tertiary/aromatic N) is 2. The Hall–Kier alpha value is -0.950. The SMILES string of the molecule is CC(C)C1SCC(C(=O)O)N1C(=O)N1CCCC(N)C1. The minimum atomic E-state index is -0.921. The number of carbonyl (C=O) groups excluding carboxylic acids is 1. The molecular formula is C13H23N3O3S. The lowest BCUT2D eigenvalue weighted by atomic mass is 10.1. The van der Waals surface area contributed by atoms with E-state index < -0.39 is 12.0 Å². The van der Waals surface area contributed by atoms with E-state index in [1.165, 1.54) is 0 Å². The van der Waals surface area contributed by atoms with E-state index in [9.17, 15) is 14.7 Å². The topological polar surface area (TPSA) is 86.9 Å². The molecule has 2 fully saturated rings. The number of aliphatic carboxylic acids is 1. The number of carbonyl (C=O) groups is 2. The van der Waals surface area contributed by atoms with Crippen molar-refractivity contribution in [1.82, 2.24) is 9.80 Å². The molecule has 0 aromatic carbocycles. The summed E-state index contributed by atoms with van der Waals surface area (Å²) in [6.07, 6.45) is 1.81. The minimum Gasteiger partial charge on any atom is -0.480 e. The van der Waals surface area contributed by atoms with E-state index in [4.69, 9.17) is 5.73 Å². The van der Waals surface area contributed by atoms with Crippen LogP contribution in [0, 0.1) is 5.92 Å². The number of likely N-dealkylation sites (tertiary alicyclic amines) is 1. The molecule has 6 nitrogen and oxygen atoms in total. The molecule has 0 aromatic heterocycles. The largest absolute Gasteiger partial charge is 0.480 e. The maximum atomic E-state index is 12.7. The van der Waals surface area contributed by atoms with Gasteiger partial charge >= 0.3 is 12.0 Å². The van der Waals surface area contributed by atoms with Crippen LogP contribution in [0.5, 0.6) is 0 Å². The molecule has 3 atom stereocenters. The molecule has 0 aromatic rings. The standard InChI is InChI=1S/C13H23N3O3S/c1-8(2)11-16(10(7-20-11)12(17)18)13(19)15-5-3-4-9(14)6-15/h8-11H,3-7,14H2,1-2H3,(H,17,18). The monoisotopic (exact) mass is 301 g/mol. The summed E-state index contributed by atoms with van der Waals surface area (Å²) in [6, 6.07) is -0.891. The fourth-order valence-electron chi connectivity index (χ4n) is 2.82. The van der Waals surface area contributed by atoms with Gasteiger partial charge in [-0.2, -0.15) is 0 Å². The average molecular weight is 301 g/mol. The van der Waals surface area contributed by atoms with Gasteiger partial charge in [0, 0.05) is 24.9 Å². The number of urea groups is 1. The van der Waals surface area contributed by atoms with Crippen molar-refractivity contribution in [3.8, 4) is 0 Å². The second-order valence-electron chi connectivity index (χ2n) is 5.86.